The predicted molar refractivity (Wildman–Crippen MR) is 131 cm³/mol. The molecule has 1 spiro atoms. The van der Waals surface area contributed by atoms with Crippen molar-refractivity contribution in [2.75, 3.05) is 36.5 Å². The number of halogens is 1. The van der Waals surface area contributed by atoms with Crippen molar-refractivity contribution in [1.82, 2.24) is 15.0 Å². The highest BCUT2D eigenvalue weighted by molar-refractivity contribution is 7.99. The van der Waals surface area contributed by atoms with Crippen LogP contribution in [0.5, 0.6) is 0 Å². The number of piperidine rings is 1. The van der Waals surface area contributed by atoms with Gasteiger partial charge in [0.15, 0.2) is 5.82 Å². The normalized spacial score (nSPS) is 25.0. The van der Waals surface area contributed by atoms with Gasteiger partial charge in [0.1, 0.15) is 16.5 Å². The van der Waals surface area contributed by atoms with Gasteiger partial charge >= 0.3 is 0 Å². The third-order valence-corrected chi connectivity index (χ3v) is 8.80. The molecular formula is C23H31ClN6O3S. The van der Waals surface area contributed by atoms with E-state index in [1.807, 2.05) is 13.0 Å². The summed E-state index contributed by atoms with van der Waals surface area (Å²) in [5, 5.41) is 24.3. The average molecular weight is 507 g/mol. The maximum atomic E-state index is 10.1. The first-order valence-electron chi connectivity index (χ1n) is 11.7. The van der Waals surface area contributed by atoms with E-state index >= 15 is 0 Å². The Morgan fingerprint density at radius 2 is 2.06 bits per heavy atom. The first kappa shape index (κ1) is 24.0. The number of hydrogen-bond acceptors (Lipinski definition) is 10. The van der Waals surface area contributed by atoms with Crippen molar-refractivity contribution >= 4 is 35.0 Å². The number of nitrogens with zero attached hydrogens (tertiary/aromatic N) is 4. The fraction of sp³-hybridized carbons (Fsp3) is 0.609. The van der Waals surface area contributed by atoms with Gasteiger partial charge in [-0.25, -0.2) is 15.0 Å². The molecule has 0 bridgehead atoms. The number of hydrogen-bond donors (Lipinski definition) is 4. The number of anilines is 2. The monoisotopic (exact) mass is 506 g/mol. The molecule has 9 nitrogen and oxygen atoms in total. The van der Waals surface area contributed by atoms with Crippen molar-refractivity contribution in [2.45, 2.75) is 66.9 Å². The van der Waals surface area contributed by atoms with Crippen LogP contribution < -0.4 is 16.0 Å². The summed E-state index contributed by atoms with van der Waals surface area (Å²) in [6.07, 6.45) is 6.91. The minimum absolute atomic E-state index is 0.0253. The van der Waals surface area contributed by atoms with Gasteiger partial charge < -0.3 is 30.9 Å². The molecule has 3 aliphatic rings. The summed E-state index contributed by atoms with van der Waals surface area (Å²) < 4.78 is 5.82. The fourth-order valence-corrected chi connectivity index (χ4v) is 5.87. The molecule has 34 heavy (non-hydrogen) atoms. The number of ether oxygens (including phenoxy) is 1. The van der Waals surface area contributed by atoms with Crippen LogP contribution in [-0.4, -0.2) is 69.2 Å². The summed E-state index contributed by atoms with van der Waals surface area (Å²) in [6.45, 7) is 4.57. The van der Waals surface area contributed by atoms with Gasteiger partial charge in [0.05, 0.1) is 36.1 Å². The molecule has 0 radical (unpaired) electrons. The third kappa shape index (κ3) is 4.72. The Balaban J connectivity index is 1.27. The standard InChI is InChI=1S/C23H31ClN6O3S/c1-14-19(25)22(13-33-14)5-8-30(9-6-22)21-15(11-31)29-17(10-27-21)34-16-2-7-26-20(18(16)24)28-12-23(32)3-4-23/h2,7,10,14,19,31-32H,3-6,8-9,11-13,25H2,1H3,(H,26,28)/t14-,19+/m0/s1. The Kier molecular flexibility index (Phi) is 6.64. The Bertz CT molecular complexity index is 1050. The number of aliphatic hydroxyl groups is 2. The smallest absolute Gasteiger partial charge is 0.152 e. The van der Waals surface area contributed by atoms with Crippen molar-refractivity contribution in [3.63, 3.8) is 0 Å². The Hall–Kier alpha value is -1.69. The fourth-order valence-electron chi connectivity index (χ4n) is 4.77. The number of nitrogens with two attached hydrogens (primary N) is 1. The van der Waals surface area contributed by atoms with Crippen molar-refractivity contribution in [3.8, 4) is 0 Å². The third-order valence-electron chi connectivity index (χ3n) is 7.34. The van der Waals surface area contributed by atoms with Crippen LogP contribution in [0.15, 0.2) is 28.4 Å². The van der Waals surface area contributed by atoms with Gasteiger partial charge in [-0.15, -0.1) is 0 Å². The maximum absolute atomic E-state index is 10.1. The molecule has 3 fully saturated rings. The van der Waals surface area contributed by atoms with Crippen molar-refractivity contribution < 1.29 is 14.9 Å². The molecule has 1 saturated carbocycles. The maximum Gasteiger partial charge on any atom is 0.152 e. The largest absolute Gasteiger partial charge is 0.390 e. The van der Waals surface area contributed by atoms with Gasteiger partial charge in [0, 0.05) is 42.2 Å². The molecule has 0 aromatic carbocycles. The van der Waals surface area contributed by atoms with Crippen LogP contribution in [0.25, 0.3) is 0 Å². The highest BCUT2D eigenvalue weighted by Crippen LogP contribution is 2.42. The van der Waals surface area contributed by atoms with Crippen molar-refractivity contribution in [3.05, 3.63) is 29.2 Å². The number of rotatable bonds is 7. The number of nitrogens with one attached hydrogen (secondary N) is 1. The van der Waals surface area contributed by atoms with E-state index in [0.717, 1.165) is 43.7 Å². The molecule has 4 heterocycles. The van der Waals surface area contributed by atoms with Crippen molar-refractivity contribution in [1.29, 1.82) is 0 Å². The molecule has 0 amide bonds. The zero-order chi connectivity index (χ0) is 23.9. The molecule has 2 aromatic heterocycles. The Morgan fingerprint density at radius 3 is 2.71 bits per heavy atom. The molecular weight excluding hydrogens is 476 g/mol. The summed E-state index contributed by atoms with van der Waals surface area (Å²) in [5.41, 5.74) is 6.36. The SMILES string of the molecule is C[C@@H]1OCC2(CCN(c3ncc(Sc4ccnc(NCC5(O)CC5)c4Cl)nc3CO)CC2)[C@@H]1N. The quantitative estimate of drug-likeness (QED) is 0.444. The Labute approximate surface area is 208 Å². The molecule has 184 valence electrons. The lowest BCUT2D eigenvalue weighted by molar-refractivity contribution is 0.0973. The van der Waals surface area contributed by atoms with E-state index in [-0.39, 0.29) is 24.2 Å². The van der Waals surface area contributed by atoms with Gasteiger partial charge in [0.25, 0.3) is 0 Å². The average Bonchev–Trinajstić information content (AvgIpc) is 3.53. The molecule has 2 saturated heterocycles. The van der Waals surface area contributed by atoms with E-state index in [0.29, 0.717) is 40.5 Å². The van der Waals surface area contributed by atoms with E-state index < -0.39 is 5.60 Å². The molecule has 5 rings (SSSR count). The molecule has 0 unspecified atom stereocenters. The molecule has 5 N–H and O–H groups in total. The predicted octanol–water partition coefficient (Wildman–Crippen LogP) is 2.44. The van der Waals surface area contributed by atoms with E-state index in [1.54, 1.807) is 12.4 Å². The van der Waals surface area contributed by atoms with Crippen LogP contribution in [-0.2, 0) is 11.3 Å². The second-order valence-electron chi connectivity index (χ2n) is 9.68. The molecule has 2 aromatic rings. The van der Waals surface area contributed by atoms with Gasteiger partial charge in [-0.05, 0) is 38.7 Å². The van der Waals surface area contributed by atoms with Gasteiger partial charge in [0.2, 0.25) is 0 Å². The zero-order valence-electron chi connectivity index (χ0n) is 19.2. The van der Waals surface area contributed by atoms with Crippen LogP contribution in [0, 0.1) is 5.41 Å². The first-order valence-corrected chi connectivity index (χ1v) is 12.9. The second kappa shape index (κ2) is 9.40. The highest BCUT2D eigenvalue weighted by Gasteiger charge is 2.47. The summed E-state index contributed by atoms with van der Waals surface area (Å²) in [4.78, 5) is 16.6. The van der Waals surface area contributed by atoms with Gasteiger partial charge in [-0.3, -0.25) is 0 Å². The number of aromatic nitrogens is 3. The van der Waals surface area contributed by atoms with Gasteiger partial charge in [-0.1, -0.05) is 23.4 Å². The zero-order valence-corrected chi connectivity index (χ0v) is 20.8. The number of pyridine rings is 1. The lowest BCUT2D eigenvalue weighted by Crippen LogP contribution is -2.51. The first-order chi connectivity index (χ1) is 16.3. The summed E-state index contributed by atoms with van der Waals surface area (Å²) in [7, 11) is 0. The van der Waals surface area contributed by atoms with Crippen molar-refractivity contribution in [2.24, 2.45) is 11.1 Å². The Morgan fingerprint density at radius 1 is 1.29 bits per heavy atom. The van der Waals surface area contributed by atoms with Crippen LogP contribution in [0.1, 0.15) is 38.3 Å². The van der Waals surface area contributed by atoms with E-state index in [9.17, 15) is 10.2 Å². The summed E-state index contributed by atoms with van der Waals surface area (Å²) in [5.74, 6) is 1.24. The molecule has 2 atom stereocenters. The molecule has 2 aliphatic heterocycles. The number of aliphatic hydroxyl groups excluding tert-OH is 1. The summed E-state index contributed by atoms with van der Waals surface area (Å²) >= 11 is 7.93. The minimum Gasteiger partial charge on any atom is -0.390 e. The van der Waals surface area contributed by atoms with Crippen LogP contribution in [0.4, 0.5) is 11.6 Å². The van der Waals surface area contributed by atoms with Crippen LogP contribution in [0.2, 0.25) is 5.02 Å². The topological polar surface area (TPSA) is 130 Å². The van der Waals surface area contributed by atoms with Crippen LogP contribution in [0.3, 0.4) is 0 Å². The second-order valence-corrected chi connectivity index (χ2v) is 11.1. The summed E-state index contributed by atoms with van der Waals surface area (Å²) in [6, 6.07) is 1.87. The van der Waals surface area contributed by atoms with Crippen LogP contribution >= 0.6 is 23.4 Å². The minimum atomic E-state index is -0.645. The van der Waals surface area contributed by atoms with E-state index in [4.69, 9.17) is 22.1 Å². The lowest BCUT2D eigenvalue weighted by Gasteiger charge is -2.41. The van der Waals surface area contributed by atoms with E-state index in [2.05, 4.69) is 25.2 Å². The van der Waals surface area contributed by atoms with E-state index in [1.165, 1.54) is 11.8 Å². The lowest BCUT2D eigenvalue weighted by atomic mass is 9.73. The highest BCUT2D eigenvalue weighted by atomic mass is 35.5. The molecule has 11 heteroatoms. The molecule has 1 aliphatic carbocycles. The van der Waals surface area contributed by atoms with Gasteiger partial charge in [-0.2, -0.15) is 0 Å².